The molecule has 3 aliphatic heterocycles. The van der Waals surface area contributed by atoms with Crippen molar-refractivity contribution in [1.29, 1.82) is 0 Å². The molecular formula is C33H41B2F8N9O4. The third-order valence-corrected chi connectivity index (χ3v) is 9.25. The number of piperidine rings is 3. The lowest BCUT2D eigenvalue weighted by Crippen LogP contribution is -3.09. The van der Waals surface area contributed by atoms with Gasteiger partial charge in [-0.2, -0.15) is 10.2 Å². The summed E-state index contributed by atoms with van der Waals surface area (Å²) in [6.07, 6.45) is 10.3. The molecular weight excluding hydrogens is 760 g/mol. The summed E-state index contributed by atoms with van der Waals surface area (Å²) in [7, 11) is -12.0. The van der Waals surface area contributed by atoms with E-state index in [-0.39, 0.29) is 11.4 Å². The minimum absolute atomic E-state index is 0.00853. The van der Waals surface area contributed by atoms with E-state index in [2.05, 4.69) is 21.2 Å². The van der Waals surface area contributed by atoms with E-state index in [0.717, 1.165) is 106 Å². The first-order valence-electron chi connectivity index (χ1n) is 18.2. The third-order valence-electron chi connectivity index (χ3n) is 9.25. The molecule has 3 fully saturated rings. The van der Waals surface area contributed by atoms with Gasteiger partial charge in [-0.05, 0) is 82.1 Å². The molecule has 13 nitrogen and oxygen atoms in total. The largest absolute Gasteiger partial charge is 0.673 e. The van der Waals surface area contributed by atoms with Crippen LogP contribution in [-0.2, 0) is 0 Å². The van der Waals surface area contributed by atoms with Gasteiger partial charge in [0.2, 0.25) is 5.69 Å². The fraction of sp³-hybridized carbons (Fsp3) is 0.455. The summed E-state index contributed by atoms with van der Waals surface area (Å²) in [4.78, 5) is 26.8. The van der Waals surface area contributed by atoms with E-state index in [9.17, 15) is 54.8 Å². The van der Waals surface area contributed by atoms with Gasteiger partial charge in [-0.1, -0.05) is 0 Å². The fourth-order valence-corrected chi connectivity index (χ4v) is 6.81. The predicted octanol–water partition coefficient (Wildman–Crippen LogP) is 9.32. The first-order chi connectivity index (χ1) is 26.5. The van der Waals surface area contributed by atoms with Gasteiger partial charge in [0.25, 0.3) is 11.4 Å². The molecule has 0 radical (unpaired) electrons. The van der Waals surface area contributed by atoms with Crippen LogP contribution in [0.2, 0.25) is 0 Å². The lowest BCUT2D eigenvalue weighted by Gasteiger charge is -2.33. The van der Waals surface area contributed by atoms with Gasteiger partial charge < -0.3 is 44.3 Å². The van der Waals surface area contributed by atoms with Crippen LogP contribution in [0.25, 0.3) is 0 Å². The highest BCUT2D eigenvalue weighted by molar-refractivity contribution is 6.50. The lowest BCUT2D eigenvalue weighted by atomic mass is 10.0. The van der Waals surface area contributed by atoms with Crippen LogP contribution in [0.15, 0.2) is 75.1 Å². The molecule has 3 heterocycles. The molecule has 3 aliphatic rings. The molecule has 0 bridgehead atoms. The Hall–Kier alpha value is -5.05. The number of benzene rings is 3. The topological polar surface area (TPSA) is 148 Å². The molecule has 56 heavy (non-hydrogen) atoms. The van der Waals surface area contributed by atoms with Gasteiger partial charge in [0, 0.05) is 43.4 Å². The van der Waals surface area contributed by atoms with Gasteiger partial charge in [0.05, 0.1) is 53.1 Å². The predicted molar refractivity (Wildman–Crippen MR) is 196 cm³/mol. The van der Waals surface area contributed by atoms with Crippen molar-refractivity contribution < 1.29 is 54.2 Å². The normalized spacial score (nSPS) is 17.2. The van der Waals surface area contributed by atoms with Crippen molar-refractivity contribution >= 4 is 65.7 Å². The Kier molecular flexibility index (Phi) is 15.8. The van der Waals surface area contributed by atoms with Crippen LogP contribution >= 0.6 is 0 Å². The Balaban J connectivity index is 0.000000620. The van der Waals surface area contributed by atoms with E-state index < -0.39 is 24.4 Å². The summed E-state index contributed by atoms with van der Waals surface area (Å²) >= 11 is 0. The van der Waals surface area contributed by atoms with Crippen LogP contribution in [0.1, 0.15) is 57.8 Å². The van der Waals surface area contributed by atoms with Crippen molar-refractivity contribution in [3.8, 4) is 0 Å². The van der Waals surface area contributed by atoms with Crippen molar-refractivity contribution in [2.45, 2.75) is 57.8 Å². The Bertz CT molecular complexity index is 1690. The molecule has 0 spiro atoms. The van der Waals surface area contributed by atoms with Crippen LogP contribution in [0.4, 0.5) is 85.7 Å². The standard InChI is InChI=1S/C33H39N9O4.2BF4/c43-41(44)27-14-10-25(11-15-27)34-36-31-29(38-18-4-1-5-19-38)24-30(39-20-6-2-7-21-39)32(33(31)40-22-8-3-9-23-40)37-35-26-12-16-28(17-13-26)42(45)46;2*2-1(3,4)5/h10-17,24H,1-9,18-23H2;;/q;2*-1/p+2. The number of hydrogen-bond acceptors (Lipinski definition) is 9. The second-order valence-corrected chi connectivity index (χ2v) is 13.3. The maximum Gasteiger partial charge on any atom is 0.673 e. The van der Waals surface area contributed by atoms with Crippen molar-refractivity contribution in [2.24, 2.45) is 20.5 Å². The number of nitrogens with one attached hydrogen (secondary N) is 2. The van der Waals surface area contributed by atoms with Gasteiger partial charge in [-0.3, -0.25) is 25.1 Å². The molecule has 3 saturated heterocycles. The zero-order chi connectivity index (χ0) is 40.9. The molecule has 0 atom stereocenters. The highest BCUT2D eigenvalue weighted by atomic mass is 19.5. The van der Waals surface area contributed by atoms with Crippen molar-refractivity contribution in [2.75, 3.05) is 44.2 Å². The van der Waals surface area contributed by atoms with E-state index in [0.29, 0.717) is 11.4 Å². The zero-order valence-electron chi connectivity index (χ0n) is 30.2. The quantitative estimate of drug-likeness (QED) is 0.0728. The highest BCUT2D eigenvalue weighted by Gasteiger charge is 2.35. The molecule has 0 aliphatic carbocycles. The minimum Gasteiger partial charge on any atom is -0.418 e. The first kappa shape index (κ1) is 43.7. The average molecular weight is 801 g/mol. The monoisotopic (exact) mass is 801 g/mol. The lowest BCUT2D eigenvalue weighted by molar-refractivity contribution is -0.842. The van der Waals surface area contributed by atoms with Crippen LogP contribution in [-0.4, -0.2) is 63.6 Å². The molecule has 2 N–H and O–H groups in total. The SMILES string of the molecule is F[B-](F)(F)F.F[B-](F)(F)F.O=[N+]([O-])c1ccc(N=Nc2c(N3CCCCC3)cc([NH+]3CCCCC3)c(N=Nc3ccc([N+](=O)[O-])cc3)c2[NH+]2CCCCC2)cc1. The van der Waals surface area contributed by atoms with Crippen molar-refractivity contribution in [3.63, 3.8) is 0 Å². The van der Waals surface area contributed by atoms with E-state index in [1.54, 1.807) is 24.3 Å². The molecule has 6 rings (SSSR count). The second kappa shape index (κ2) is 20.2. The Morgan fingerprint density at radius 2 is 0.911 bits per heavy atom. The molecule has 0 aromatic heterocycles. The van der Waals surface area contributed by atoms with Crippen LogP contribution < -0.4 is 14.7 Å². The first-order valence-corrected chi connectivity index (χ1v) is 18.2. The molecule has 23 heteroatoms. The molecule has 0 unspecified atom stereocenters. The van der Waals surface area contributed by atoms with Gasteiger partial charge in [-0.25, -0.2) is 0 Å². The Labute approximate surface area is 317 Å². The summed E-state index contributed by atoms with van der Waals surface area (Å²) in [5.74, 6) is 0. The van der Waals surface area contributed by atoms with Gasteiger partial charge >= 0.3 is 14.5 Å². The molecule has 304 valence electrons. The molecule has 3 aromatic carbocycles. The number of anilines is 1. The molecule has 0 amide bonds. The van der Waals surface area contributed by atoms with E-state index in [1.807, 2.05) is 0 Å². The Morgan fingerprint density at radius 1 is 0.536 bits per heavy atom. The number of rotatable bonds is 9. The summed E-state index contributed by atoms with van der Waals surface area (Å²) < 4.78 is 78.0. The van der Waals surface area contributed by atoms with Gasteiger partial charge in [0.1, 0.15) is 0 Å². The van der Waals surface area contributed by atoms with E-state index >= 15 is 0 Å². The summed E-state index contributed by atoms with van der Waals surface area (Å²) in [5, 5.41) is 41.6. The molecule has 3 aromatic rings. The van der Waals surface area contributed by atoms with Crippen molar-refractivity contribution in [3.05, 3.63) is 74.8 Å². The van der Waals surface area contributed by atoms with E-state index in [1.165, 1.54) is 53.3 Å². The minimum atomic E-state index is -6.00. The maximum atomic E-state index is 11.2. The van der Waals surface area contributed by atoms with Crippen molar-refractivity contribution in [1.82, 2.24) is 0 Å². The Morgan fingerprint density at radius 3 is 1.32 bits per heavy atom. The number of halogens is 8. The number of nitro groups is 2. The third kappa shape index (κ3) is 14.2. The van der Waals surface area contributed by atoms with E-state index in [4.69, 9.17) is 10.2 Å². The fourth-order valence-electron chi connectivity index (χ4n) is 6.81. The number of hydrogen-bond donors (Lipinski definition) is 2. The highest BCUT2D eigenvalue weighted by Crippen LogP contribution is 2.47. The summed E-state index contributed by atoms with van der Waals surface area (Å²) in [6.45, 7) is 5.78. The maximum absolute atomic E-state index is 11.2. The number of non-ortho nitro benzene ring substituents is 2. The molecule has 0 saturated carbocycles. The zero-order valence-corrected chi connectivity index (χ0v) is 30.2. The van der Waals surface area contributed by atoms with Crippen LogP contribution in [0.3, 0.4) is 0 Å². The summed E-state index contributed by atoms with van der Waals surface area (Å²) in [6, 6.07) is 14.5. The average Bonchev–Trinajstić information content (AvgIpc) is 3.16. The van der Waals surface area contributed by atoms with Gasteiger partial charge in [-0.15, -0.1) is 10.2 Å². The number of azo groups is 2. The van der Waals surface area contributed by atoms with Gasteiger partial charge in [0.15, 0.2) is 17.1 Å². The second-order valence-electron chi connectivity index (χ2n) is 13.3. The smallest absolute Gasteiger partial charge is 0.418 e. The van der Waals surface area contributed by atoms with Crippen LogP contribution in [0, 0.1) is 20.2 Å². The number of nitrogens with zero attached hydrogens (tertiary/aromatic N) is 7. The summed E-state index contributed by atoms with van der Waals surface area (Å²) in [5.41, 5.74) is 5.83. The van der Waals surface area contributed by atoms with Crippen LogP contribution in [0.5, 0.6) is 0 Å². The number of quaternary nitrogens is 2. The number of nitro benzene ring substituents is 2.